The van der Waals surface area contributed by atoms with Gasteiger partial charge >= 0.3 is 0 Å². The van der Waals surface area contributed by atoms with Crippen LogP contribution in [0.5, 0.6) is 0 Å². The van der Waals surface area contributed by atoms with Crippen LogP contribution in [0.2, 0.25) is 0 Å². The van der Waals surface area contributed by atoms with Crippen LogP contribution in [-0.4, -0.2) is 33.0 Å². The molecule has 0 bridgehead atoms. The van der Waals surface area contributed by atoms with Crippen LogP contribution in [-0.2, 0) is 11.8 Å². The average Bonchev–Trinajstić information content (AvgIpc) is 3.41. The van der Waals surface area contributed by atoms with Crippen molar-refractivity contribution < 1.29 is 0 Å². The molecule has 6 nitrogen and oxygen atoms in total. The molecule has 1 atom stereocenters. The van der Waals surface area contributed by atoms with Crippen molar-refractivity contribution >= 4 is 5.95 Å². The van der Waals surface area contributed by atoms with Gasteiger partial charge in [-0.1, -0.05) is 0 Å². The van der Waals surface area contributed by atoms with E-state index in [4.69, 9.17) is 4.98 Å². The van der Waals surface area contributed by atoms with E-state index in [0.717, 1.165) is 74.6 Å². The molecular weight excluding hydrogens is 302 g/mol. The van der Waals surface area contributed by atoms with Crippen LogP contribution in [0.3, 0.4) is 0 Å². The summed E-state index contributed by atoms with van der Waals surface area (Å²) in [6, 6.07) is 1.84. The maximum Gasteiger partial charge on any atom is 0.254 e. The van der Waals surface area contributed by atoms with Crippen LogP contribution in [0, 0.1) is 0 Å². The molecule has 1 aliphatic heterocycles. The van der Waals surface area contributed by atoms with Gasteiger partial charge in [-0.2, -0.15) is 0 Å². The quantitative estimate of drug-likeness (QED) is 0.914. The number of H-pyrrole nitrogens is 1. The Morgan fingerprint density at radius 1 is 1.21 bits per heavy atom. The summed E-state index contributed by atoms with van der Waals surface area (Å²) in [6.07, 6.45) is 9.93. The fourth-order valence-corrected chi connectivity index (χ4v) is 4.37. The number of piperidine rings is 1. The Morgan fingerprint density at radius 2 is 2.04 bits per heavy atom. The molecular formula is C18H21N5O. The van der Waals surface area contributed by atoms with Gasteiger partial charge in [0.05, 0.1) is 5.69 Å². The van der Waals surface area contributed by atoms with Gasteiger partial charge in [0.25, 0.3) is 5.56 Å². The Bertz CT molecular complexity index is 829. The fraction of sp³-hybridized carbons (Fsp3) is 0.556. The van der Waals surface area contributed by atoms with Gasteiger partial charge in [0, 0.05) is 42.4 Å². The third-order valence-electron chi connectivity index (χ3n) is 5.77. The topological polar surface area (TPSA) is 74.8 Å². The standard InChI is InChI=1S/C18H21N5O/c24-16-13-5-7-18(14(13)21-15(22-16)12-3-4-12)6-1-10-23(11-18)17-19-8-2-9-20-17/h2,8-9,12H,1,3-7,10-11H2,(H,21,22,24). The largest absolute Gasteiger partial charge is 0.340 e. The van der Waals surface area contributed by atoms with E-state index in [2.05, 4.69) is 19.9 Å². The Morgan fingerprint density at radius 3 is 2.83 bits per heavy atom. The molecule has 0 radical (unpaired) electrons. The van der Waals surface area contributed by atoms with Crippen LogP contribution in [0.15, 0.2) is 23.3 Å². The summed E-state index contributed by atoms with van der Waals surface area (Å²) in [4.78, 5) is 31.6. The van der Waals surface area contributed by atoms with Crippen LogP contribution in [0.1, 0.15) is 55.1 Å². The number of nitrogens with zero attached hydrogens (tertiary/aromatic N) is 4. The second-order valence-corrected chi connectivity index (χ2v) is 7.41. The predicted octanol–water partition coefficient (Wildman–Crippen LogP) is 1.92. The second-order valence-electron chi connectivity index (χ2n) is 7.41. The lowest BCUT2D eigenvalue weighted by molar-refractivity contribution is 0.331. The van der Waals surface area contributed by atoms with Crippen LogP contribution in [0.25, 0.3) is 0 Å². The van der Waals surface area contributed by atoms with Crippen LogP contribution in [0.4, 0.5) is 5.95 Å². The van der Waals surface area contributed by atoms with Gasteiger partial charge in [-0.05, 0) is 44.6 Å². The summed E-state index contributed by atoms with van der Waals surface area (Å²) in [5, 5.41) is 0. The summed E-state index contributed by atoms with van der Waals surface area (Å²) in [7, 11) is 0. The lowest BCUT2D eigenvalue weighted by Crippen LogP contribution is -2.46. The van der Waals surface area contributed by atoms with E-state index in [0.29, 0.717) is 5.92 Å². The van der Waals surface area contributed by atoms with E-state index in [1.807, 2.05) is 6.07 Å². The van der Waals surface area contributed by atoms with Crippen molar-refractivity contribution in [3.05, 3.63) is 45.9 Å². The lowest BCUT2D eigenvalue weighted by atomic mass is 9.77. The van der Waals surface area contributed by atoms with Gasteiger partial charge in [-0.25, -0.2) is 15.0 Å². The first-order valence-corrected chi connectivity index (χ1v) is 8.91. The van der Waals surface area contributed by atoms with Crippen molar-refractivity contribution in [2.45, 2.75) is 49.9 Å². The molecule has 0 amide bonds. The van der Waals surface area contributed by atoms with E-state index >= 15 is 0 Å². The number of nitrogens with one attached hydrogen (secondary N) is 1. The summed E-state index contributed by atoms with van der Waals surface area (Å²) >= 11 is 0. The zero-order valence-electron chi connectivity index (χ0n) is 13.7. The van der Waals surface area contributed by atoms with Gasteiger partial charge in [-0.15, -0.1) is 0 Å². The summed E-state index contributed by atoms with van der Waals surface area (Å²) in [5.74, 6) is 2.17. The molecule has 1 spiro atoms. The molecule has 5 rings (SSSR count). The van der Waals surface area contributed by atoms with Crippen LogP contribution >= 0.6 is 0 Å². The number of rotatable bonds is 2. The Balaban J connectivity index is 1.54. The van der Waals surface area contributed by atoms with E-state index in [1.54, 1.807) is 12.4 Å². The summed E-state index contributed by atoms with van der Waals surface area (Å²) in [6.45, 7) is 1.84. The molecule has 2 aliphatic carbocycles. The van der Waals surface area contributed by atoms with Crippen molar-refractivity contribution in [1.82, 2.24) is 19.9 Å². The zero-order chi connectivity index (χ0) is 16.1. The van der Waals surface area contributed by atoms with Crippen molar-refractivity contribution in [3.8, 4) is 0 Å². The van der Waals surface area contributed by atoms with E-state index in [1.165, 1.54) is 0 Å². The number of anilines is 1. The molecule has 2 fully saturated rings. The van der Waals surface area contributed by atoms with Crippen molar-refractivity contribution in [2.24, 2.45) is 0 Å². The van der Waals surface area contributed by atoms with Crippen molar-refractivity contribution in [3.63, 3.8) is 0 Å². The normalized spacial score (nSPS) is 25.9. The maximum atomic E-state index is 12.5. The average molecular weight is 323 g/mol. The molecule has 1 saturated carbocycles. The predicted molar refractivity (Wildman–Crippen MR) is 90.3 cm³/mol. The minimum atomic E-state index is -0.00924. The molecule has 1 unspecified atom stereocenters. The highest BCUT2D eigenvalue weighted by Gasteiger charge is 2.45. The van der Waals surface area contributed by atoms with E-state index < -0.39 is 0 Å². The number of aromatic nitrogens is 4. The highest BCUT2D eigenvalue weighted by molar-refractivity contribution is 5.40. The molecule has 24 heavy (non-hydrogen) atoms. The number of hydrogen-bond donors (Lipinski definition) is 1. The molecule has 1 saturated heterocycles. The Labute approximate surface area is 140 Å². The third-order valence-corrected chi connectivity index (χ3v) is 5.77. The van der Waals surface area contributed by atoms with Gasteiger partial charge < -0.3 is 9.88 Å². The smallest absolute Gasteiger partial charge is 0.254 e. The zero-order valence-corrected chi connectivity index (χ0v) is 13.7. The number of hydrogen-bond acceptors (Lipinski definition) is 5. The molecule has 2 aromatic rings. The first-order chi connectivity index (χ1) is 11.8. The molecule has 124 valence electrons. The molecule has 3 aliphatic rings. The van der Waals surface area contributed by atoms with Gasteiger partial charge in [0.2, 0.25) is 5.95 Å². The van der Waals surface area contributed by atoms with E-state index in [-0.39, 0.29) is 11.0 Å². The van der Waals surface area contributed by atoms with E-state index in [9.17, 15) is 4.79 Å². The highest BCUT2D eigenvalue weighted by atomic mass is 16.1. The monoisotopic (exact) mass is 323 g/mol. The molecule has 0 aromatic carbocycles. The summed E-state index contributed by atoms with van der Waals surface area (Å²) < 4.78 is 0. The first-order valence-electron chi connectivity index (χ1n) is 8.91. The van der Waals surface area contributed by atoms with Gasteiger partial charge in [-0.3, -0.25) is 4.79 Å². The molecule has 1 N–H and O–H groups in total. The molecule has 2 aromatic heterocycles. The number of fused-ring (bicyclic) bond motifs is 2. The number of aromatic amines is 1. The maximum absolute atomic E-state index is 12.5. The summed E-state index contributed by atoms with van der Waals surface area (Å²) in [5.41, 5.74) is 2.06. The minimum absolute atomic E-state index is 0.00924. The van der Waals surface area contributed by atoms with Gasteiger partial charge in [0.1, 0.15) is 5.82 Å². The highest BCUT2D eigenvalue weighted by Crippen LogP contribution is 2.45. The van der Waals surface area contributed by atoms with Crippen LogP contribution < -0.4 is 10.5 Å². The van der Waals surface area contributed by atoms with Crippen molar-refractivity contribution in [2.75, 3.05) is 18.0 Å². The minimum Gasteiger partial charge on any atom is -0.340 e. The first kappa shape index (κ1) is 14.1. The molecule has 3 heterocycles. The Hall–Kier alpha value is -2.24. The second kappa shape index (κ2) is 5.13. The SMILES string of the molecule is O=c1[nH]c(C2CC2)nc2c1CCC21CCCN(c2ncccn2)C1. The van der Waals surface area contributed by atoms with Gasteiger partial charge in [0.15, 0.2) is 0 Å². The fourth-order valence-electron chi connectivity index (χ4n) is 4.37. The van der Waals surface area contributed by atoms with Crippen molar-refractivity contribution in [1.29, 1.82) is 0 Å². The molecule has 6 heteroatoms. The lowest BCUT2D eigenvalue weighted by Gasteiger charge is -2.40. The Kier molecular flexibility index (Phi) is 3.02. The third kappa shape index (κ3) is 2.16.